The Morgan fingerprint density at radius 3 is 1.70 bits per heavy atom. The first kappa shape index (κ1) is 13.3. The second kappa shape index (κ2) is 6.15. The van der Waals surface area contributed by atoms with Crippen LogP contribution >= 0.6 is 10.9 Å². The number of hydrogen-bond donors (Lipinski definition) is 1. The molecule has 2 aromatic carbocycles. The molecule has 0 fully saturated rings. The van der Waals surface area contributed by atoms with Gasteiger partial charge in [0.05, 0.1) is 0 Å². The molecule has 0 bridgehead atoms. The van der Waals surface area contributed by atoms with Crippen molar-refractivity contribution in [2.45, 2.75) is 22.0 Å². The average Bonchev–Trinajstić information content (AvgIpc) is 2.52. The first-order valence-corrected chi connectivity index (χ1v) is 8.51. The standard InChI is InChI=1S/C19H20S/c1-16-10-8-9-15-19(16)20(17-11-4-2-5-12-17)18-13-6-3-7-14-18/h2-16,19-20H,1H3. The summed E-state index contributed by atoms with van der Waals surface area (Å²) >= 11 is 0. The molecule has 0 aliphatic heterocycles. The van der Waals surface area contributed by atoms with Crippen molar-refractivity contribution < 1.29 is 0 Å². The summed E-state index contributed by atoms with van der Waals surface area (Å²) in [6.07, 6.45) is 9.08. The summed E-state index contributed by atoms with van der Waals surface area (Å²) in [5.41, 5.74) is 0. The Labute approximate surface area is 124 Å². The molecule has 1 heteroatoms. The fourth-order valence-corrected chi connectivity index (χ4v) is 5.51. The van der Waals surface area contributed by atoms with Crippen molar-refractivity contribution in [3.63, 3.8) is 0 Å². The molecule has 20 heavy (non-hydrogen) atoms. The van der Waals surface area contributed by atoms with Gasteiger partial charge in [0.25, 0.3) is 0 Å². The quantitative estimate of drug-likeness (QED) is 0.731. The fourth-order valence-electron chi connectivity index (χ4n) is 2.70. The lowest BCUT2D eigenvalue weighted by Crippen LogP contribution is -2.16. The Hall–Kier alpha value is -1.73. The minimum Gasteiger partial charge on any atom is -0.193 e. The van der Waals surface area contributed by atoms with Crippen molar-refractivity contribution in [1.29, 1.82) is 0 Å². The second-order valence-electron chi connectivity index (χ2n) is 5.16. The second-order valence-corrected chi connectivity index (χ2v) is 7.53. The van der Waals surface area contributed by atoms with Gasteiger partial charge in [-0.3, -0.25) is 0 Å². The topological polar surface area (TPSA) is 0 Å². The van der Waals surface area contributed by atoms with E-state index < -0.39 is 0 Å². The third kappa shape index (κ3) is 2.73. The molecule has 0 N–H and O–H groups in total. The van der Waals surface area contributed by atoms with E-state index in [2.05, 4.69) is 91.9 Å². The van der Waals surface area contributed by atoms with Crippen LogP contribution in [0.5, 0.6) is 0 Å². The van der Waals surface area contributed by atoms with Crippen LogP contribution in [-0.2, 0) is 0 Å². The van der Waals surface area contributed by atoms with E-state index in [4.69, 9.17) is 0 Å². The molecule has 0 radical (unpaired) electrons. The molecule has 1 aliphatic rings. The van der Waals surface area contributed by atoms with Crippen LogP contribution in [-0.4, -0.2) is 5.25 Å². The molecule has 0 saturated carbocycles. The summed E-state index contributed by atoms with van der Waals surface area (Å²) in [4.78, 5) is 2.93. The van der Waals surface area contributed by atoms with E-state index in [1.807, 2.05) is 0 Å². The fraction of sp³-hybridized carbons (Fsp3) is 0.158. The third-order valence-electron chi connectivity index (χ3n) is 3.74. The van der Waals surface area contributed by atoms with Crippen molar-refractivity contribution >= 4 is 10.9 Å². The lowest BCUT2D eigenvalue weighted by molar-refractivity contribution is 0.747. The van der Waals surface area contributed by atoms with Crippen molar-refractivity contribution in [3.8, 4) is 0 Å². The number of allylic oxidation sites excluding steroid dienone is 3. The smallest absolute Gasteiger partial charge is 0.0184 e. The molecule has 0 nitrogen and oxygen atoms in total. The number of rotatable bonds is 3. The SMILES string of the molecule is CC1C=CC=CC1[SH](c1ccccc1)c1ccccc1. The lowest BCUT2D eigenvalue weighted by atomic mass is 10.0. The van der Waals surface area contributed by atoms with Crippen LogP contribution in [0.2, 0.25) is 0 Å². The Bertz CT molecular complexity index is 559. The van der Waals surface area contributed by atoms with Gasteiger partial charge < -0.3 is 0 Å². The van der Waals surface area contributed by atoms with Gasteiger partial charge in [0.1, 0.15) is 0 Å². The molecule has 102 valence electrons. The lowest BCUT2D eigenvalue weighted by Gasteiger charge is -2.34. The zero-order chi connectivity index (χ0) is 13.8. The van der Waals surface area contributed by atoms with Gasteiger partial charge in [-0.15, -0.1) is 0 Å². The van der Waals surface area contributed by atoms with Crippen molar-refractivity contribution in [3.05, 3.63) is 85.0 Å². The zero-order valence-corrected chi connectivity index (χ0v) is 12.6. The molecule has 3 rings (SSSR count). The minimum atomic E-state index is -0.346. The predicted molar refractivity (Wildman–Crippen MR) is 89.6 cm³/mol. The van der Waals surface area contributed by atoms with E-state index in [1.54, 1.807) is 0 Å². The van der Waals surface area contributed by atoms with E-state index in [-0.39, 0.29) is 10.9 Å². The van der Waals surface area contributed by atoms with E-state index in [1.165, 1.54) is 9.79 Å². The van der Waals surface area contributed by atoms with Gasteiger partial charge in [-0.05, 0) is 40.0 Å². The van der Waals surface area contributed by atoms with Crippen molar-refractivity contribution in [1.82, 2.24) is 0 Å². The predicted octanol–water partition coefficient (Wildman–Crippen LogP) is 5.24. The minimum absolute atomic E-state index is 0.346. The molecule has 0 aromatic heterocycles. The van der Waals surface area contributed by atoms with Crippen LogP contribution in [0.1, 0.15) is 6.92 Å². The molecular formula is C19H20S. The highest BCUT2D eigenvalue weighted by Gasteiger charge is 2.24. The number of benzene rings is 2. The van der Waals surface area contributed by atoms with Crippen LogP contribution in [0.25, 0.3) is 0 Å². The molecule has 2 aromatic rings. The van der Waals surface area contributed by atoms with E-state index >= 15 is 0 Å². The van der Waals surface area contributed by atoms with Gasteiger partial charge in [0, 0.05) is 5.25 Å². The van der Waals surface area contributed by atoms with Gasteiger partial charge in [-0.1, -0.05) is 67.6 Å². The summed E-state index contributed by atoms with van der Waals surface area (Å²) < 4.78 is 0. The van der Waals surface area contributed by atoms with Crippen LogP contribution < -0.4 is 0 Å². The first-order valence-electron chi connectivity index (χ1n) is 7.10. The summed E-state index contributed by atoms with van der Waals surface area (Å²) in [5.74, 6) is 0.589. The summed E-state index contributed by atoms with van der Waals surface area (Å²) in [7, 11) is -0.346. The van der Waals surface area contributed by atoms with Gasteiger partial charge in [0.2, 0.25) is 0 Å². The van der Waals surface area contributed by atoms with Gasteiger partial charge >= 0.3 is 0 Å². The molecule has 2 atom stereocenters. The van der Waals surface area contributed by atoms with Gasteiger partial charge in [-0.25, -0.2) is 0 Å². The first-order chi connectivity index (χ1) is 9.86. The maximum Gasteiger partial charge on any atom is 0.0184 e. The molecule has 0 spiro atoms. The Morgan fingerprint density at radius 2 is 1.20 bits per heavy atom. The van der Waals surface area contributed by atoms with Gasteiger partial charge in [0.15, 0.2) is 0 Å². The Balaban J connectivity index is 2.05. The molecule has 0 heterocycles. The highest BCUT2D eigenvalue weighted by molar-refractivity contribution is 8.17. The van der Waals surface area contributed by atoms with Crippen LogP contribution in [0.3, 0.4) is 0 Å². The van der Waals surface area contributed by atoms with Crippen LogP contribution in [0, 0.1) is 5.92 Å². The van der Waals surface area contributed by atoms with Gasteiger partial charge in [-0.2, -0.15) is 10.9 Å². The molecule has 2 unspecified atom stereocenters. The summed E-state index contributed by atoms with van der Waals surface area (Å²) in [5, 5.41) is 0.583. The highest BCUT2D eigenvalue weighted by atomic mass is 32.2. The monoisotopic (exact) mass is 280 g/mol. The van der Waals surface area contributed by atoms with E-state index in [0.717, 1.165) is 0 Å². The Kier molecular flexibility index (Phi) is 4.08. The maximum absolute atomic E-state index is 2.39. The highest BCUT2D eigenvalue weighted by Crippen LogP contribution is 2.51. The van der Waals surface area contributed by atoms with Crippen LogP contribution in [0.15, 0.2) is 94.8 Å². The average molecular weight is 280 g/mol. The molecule has 0 saturated heterocycles. The Morgan fingerprint density at radius 1 is 0.700 bits per heavy atom. The normalized spacial score (nSPS) is 21.8. The van der Waals surface area contributed by atoms with Crippen molar-refractivity contribution in [2.24, 2.45) is 5.92 Å². The maximum atomic E-state index is 2.39. The van der Waals surface area contributed by atoms with Crippen molar-refractivity contribution in [2.75, 3.05) is 0 Å². The molecule has 0 amide bonds. The number of thiol groups is 1. The summed E-state index contributed by atoms with van der Waals surface area (Å²) in [6, 6.07) is 21.9. The molecular weight excluding hydrogens is 260 g/mol. The van der Waals surface area contributed by atoms with E-state index in [0.29, 0.717) is 11.2 Å². The third-order valence-corrected chi connectivity index (χ3v) is 6.69. The van der Waals surface area contributed by atoms with E-state index in [9.17, 15) is 0 Å². The number of hydrogen-bond acceptors (Lipinski definition) is 0. The van der Waals surface area contributed by atoms with Crippen LogP contribution in [0.4, 0.5) is 0 Å². The zero-order valence-electron chi connectivity index (χ0n) is 11.7. The summed E-state index contributed by atoms with van der Waals surface area (Å²) in [6.45, 7) is 2.33. The largest absolute Gasteiger partial charge is 0.193 e. The molecule has 1 aliphatic carbocycles.